The van der Waals surface area contributed by atoms with Gasteiger partial charge >= 0.3 is 0 Å². The highest BCUT2D eigenvalue weighted by molar-refractivity contribution is 6.18. The van der Waals surface area contributed by atoms with Crippen molar-refractivity contribution >= 4 is 17.4 Å². The summed E-state index contributed by atoms with van der Waals surface area (Å²) in [6, 6.07) is 7.89. The quantitative estimate of drug-likeness (QED) is 0.697. The van der Waals surface area contributed by atoms with E-state index < -0.39 is 0 Å². The zero-order valence-corrected chi connectivity index (χ0v) is 11.2. The molecule has 1 aromatic carbocycles. The number of aryl methyl sites for hydroxylation is 1. The van der Waals surface area contributed by atoms with Crippen molar-refractivity contribution in [2.24, 2.45) is 5.92 Å². The molecule has 94 valence electrons. The lowest BCUT2D eigenvalue weighted by Crippen LogP contribution is -2.09. The summed E-state index contributed by atoms with van der Waals surface area (Å²) in [4.78, 5) is 10.9. The lowest BCUT2D eigenvalue weighted by molar-refractivity contribution is -0.116. The van der Waals surface area contributed by atoms with E-state index in [4.69, 9.17) is 16.3 Å². The van der Waals surface area contributed by atoms with Crippen LogP contribution in [0, 0.1) is 5.92 Å². The zero-order valence-electron chi connectivity index (χ0n) is 10.4. The summed E-state index contributed by atoms with van der Waals surface area (Å²) in [6.45, 7) is 4.30. The van der Waals surface area contributed by atoms with Crippen LogP contribution in [0.5, 0.6) is 5.75 Å². The summed E-state index contributed by atoms with van der Waals surface area (Å²) in [5, 5.41) is 0. The number of carbonyl (C=O) groups excluding carboxylic acids is 1. The van der Waals surface area contributed by atoms with E-state index in [0.717, 1.165) is 17.7 Å². The molecular weight excluding hydrogens is 236 g/mol. The molecule has 0 saturated carbocycles. The first-order valence-corrected chi connectivity index (χ1v) is 6.42. The van der Waals surface area contributed by atoms with E-state index in [-0.39, 0.29) is 5.78 Å². The van der Waals surface area contributed by atoms with Crippen molar-refractivity contribution in [2.75, 3.05) is 12.5 Å². The number of hydrogen-bond donors (Lipinski definition) is 0. The minimum atomic E-state index is 0.223. The van der Waals surface area contributed by atoms with E-state index in [0.29, 0.717) is 24.8 Å². The average molecular weight is 255 g/mol. The van der Waals surface area contributed by atoms with Gasteiger partial charge in [-0.1, -0.05) is 19.1 Å². The van der Waals surface area contributed by atoms with Gasteiger partial charge in [-0.25, -0.2) is 0 Å². The Hall–Kier alpha value is -1.02. The van der Waals surface area contributed by atoms with Crippen LogP contribution in [0.1, 0.15) is 25.8 Å². The highest BCUT2D eigenvalue weighted by Gasteiger charge is 2.02. The van der Waals surface area contributed by atoms with Crippen LogP contribution in [0.4, 0.5) is 0 Å². The normalized spacial score (nSPS) is 12.2. The van der Waals surface area contributed by atoms with E-state index in [1.54, 1.807) is 6.92 Å². The fraction of sp³-hybridized carbons (Fsp3) is 0.500. The van der Waals surface area contributed by atoms with Gasteiger partial charge in [-0.15, -0.1) is 11.6 Å². The first-order chi connectivity index (χ1) is 8.11. The second kappa shape index (κ2) is 7.33. The summed E-state index contributed by atoms with van der Waals surface area (Å²) in [5.41, 5.74) is 1.16. The lowest BCUT2D eigenvalue weighted by Gasteiger charge is -2.10. The molecular formula is C14H19ClO2. The van der Waals surface area contributed by atoms with Gasteiger partial charge < -0.3 is 9.53 Å². The van der Waals surface area contributed by atoms with Crippen LogP contribution in [0.25, 0.3) is 0 Å². The summed E-state index contributed by atoms with van der Waals surface area (Å²) in [7, 11) is 0. The van der Waals surface area contributed by atoms with Crippen molar-refractivity contribution in [2.45, 2.75) is 26.7 Å². The molecule has 0 heterocycles. The van der Waals surface area contributed by atoms with Crippen molar-refractivity contribution in [3.63, 3.8) is 0 Å². The third kappa shape index (κ3) is 5.73. The molecule has 1 atom stereocenters. The Balaban J connectivity index is 2.41. The molecule has 1 unspecified atom stereocenters. The van der Waals surface area contributed by atoms with Crippen molar-refractivity contribution in [1.82, 2.24) is 0 Å². The van der Waals surface area contributed by atoms with E-state index >= 15 is 0 Å². The largest absolute Gasteiger partial charge is 0.493 e. The molecule has 17 heavy (non-hydrogen) atoms. The van der Waals surface area contributed by atoms with Crippen LogP contribution in [-0.2, 0) is 11.2 Å². The zero-order chi connectivity index (χ0) is 12.7. The monoisotopic (exact) mass is 254 g/mol. The molecule has 0 N–H and O–H groups in total. The molecule has 0 saturated heterocycles. The molecule has 0 bridgehead atoms. The van der Waals surface area contributed by atoms with E-state index in [1.807, 2.05) is 31.2 Å². The molecule has 0 aromatic heterocycles. The number of carbonyl (C=O) groups is 1. The van der Waals surface area contributed by atoms with Gasteiger partial charge in [-0.05, 0) is 31.0 Å². The number of Topliss-reactive ketones (excluding diaryl/α,β-unsaturated/α-hetero) is 1. The Morgan fingerprint density at radius 1 is 1.35 bits per heavy atom. The Kier molecular flexibility index (Phi) is 6.06. The maximum absolute atomic E-state index is 10.9. The second-order valence-electron chi connectivity index (χ2n) is 4.42. The predicted octanol–water partition coefficient (Wildman–Crippen LogP) is 3.46. The Morgan fingerprint density at radius 3 is 2.53 bits per heavy atom. The number of alkyl halides is 1. The van der Waals surface area contributed by atoms with Gasteiger partial charge in [0.15, 0.2) is 0 Å². The van der Waals surface area contributed by atoms with Gasteiger partial charge in [0.05, 0.1) is 6.61 Å². The van der Waals surface area contributed by atoms with E-state index in [2.05, 4.69) is 0 Å². The fourth-order valence-corrected chi connectivity index (χ4v) is 1.44. The number of hydrogen-bond acceptors (Lipinski definition) is 2. The molecule has 0 spiro atoms. The molecule has 0 radical (unpaired) electrons. The molecule has 3 heteroatoms. The van der Waals surface area contributed by atoms with Gasteiger partial charge in [-0.2, -0.15) is 0 Å². The van der Waals surface area contributed by atoms with Gasteiger partial charge in [0.2, 0.25) is 0 Å². The van der Waals surface area contributed by atoms with Gasteiger partial charge in [0.25, 0.3) is 0 Å². The van der Waals surface area contributed by atoms with Gasteiger partial charge in [0, 0.05) is 18.2 Å². The van der Waals surface area contributed by atoms with Crippen LogP contribution in [0.3, 0.4) is 0 Å². The Labute approximate surface area is 108 Å². The first kappa shape index (κ1) is 14.0. The van der Waals surface area contributed by atoms with Crippen molar-refractivity contribution in [3.8, 4) is 5.75 Å². The highest BCUT2D eigenvalue weighted by Crippen LogP contribution is 2.14. The number of ether oxygens (including phenoxy) is 1. The second-order valence-corrected chi connectivity index (χ2v) is 4.73. The van der Waals surface area contributed by atoms with Crippen LogP contribution >= 0.6 is 11.6 Å². The average Bonchev–Trinajstić information content (AvgIpc) is 2.34. The summed E-state index contributed by atoms with van der Waals surface area (Å²) < 4.78 is 5.59. The maximum Gasteiger partial charge on any atom is 0.130 e. The smallest absolute Gasteiger partial charge is 0.130 e. The van der Waals surface area contributed by atoms with Crippen molar-refractivity contribution in [1.29, 1.82) is 0 Å². The van der Waals surface area contributed by atoms with Crippen LogP contribution < -0.4 is 4.74 Å². The van der Waals surface area contributed by atoms with Crippen LogP contribution in [-0.4, -0.2) is 18.3 Å². The third-order valence-electron chi connectivity index (χ3n) is 2.49. The summed E-state index contributed by atoms with van der Waals surface area (Å²) in [5.74, 6) is 2.04. The molecule has 0 aliphatic rings. The van der Waals surface area contributed by atoms with Crippen molar-refractivity contribution in [3.05, 3.63) is 29.8 Å². The Morgan fingerprint density at radius 2 is 2.00 bits per heavy atom. The topological polar surface area (TPSA) is 26.3 Å². The number of halogens is 1. The van der Waals surface area contributed by atoms with Gasteiger partial charge in [-0.3, -0.25) is 0 Å². The SMILES string of the molecule is CC(=O)CCc1ccc(OCC(C)CCl)cc1. The van der Waals surface area contributed by atoms with Crippen LogP contribution in [0.2, 0.25) is 0 Å². The molecule has 0 amide bonds. The molecule has 1 rings (SSSR count). The third-order valence-corrected chi connectivity index (χ3v) is 3.01. The highest BCUT2D eigenvalue weighted by atomic mass is 35.5. The lowest BCUT2D eigenvalue weighted by atomic mass is 10.1. The minimum Gasteiger partial charge on any atom is -0.493 e. The summed E-state index contributed by atoms with van der Waals surface area (Å²) in [6.07, 6.45) is 1.40. The number of ketones is 1. The predicted molar refractivity (Wildman–Crippen MR) is 70.8 cm³/mol. The molecule has 0 fully saturated rings. The molecule has 1 aromatic rings. The number of benzene rings is 1. The molecule has 2 nitrogen and oxygen atoms in total. The van der Waals surface area contributed by atoms with E-state index in [9.17, 15) is 4.79 Å². The fourth-order valence-electron chi connectivity index (χ4n) is 1.36. The standard InChI is InChI=1S/C14H19ClO2/c1-11(9-15)10-17-14-7-5-13(6-8-14)4-3-12(2)16/h5-8,11H,3-4,9-10H2,1-2H3. The number of rotatable bonds is 7. The van der Waals surface area contributed by atoms with Gasteiger partial charge in [0.1, 0.15) is 11.5 Å². The van der Waals surface area contributed by atoms with Crippen molar-refractivity contribution < 1.29 is 9.53 Å². The minimum absolute atomic E-state index is 0.223. The summed E-state index contributed by atoms with van der Waals surface area (Å²) >= 11 is 5.70. The maximum atomic E-state index is 10.9. The van der Waals surface area contributed by atoms with Crippen LogP contribution in [0.15, 0.2) is 24.3 Å². The molecule has 0 aliphatic heterocycles. The van der Waals surface area contributed by atoms with E-state index in [1.165, 1.54) is 0 Å². The Bertz CT molecular complexity index is 346. The first-order valence-electron chi connectivity index (χ1n) is 5.89. The molecule has 0 aliphatic carbocycles.